The van der Waals surface area contributed by atoms with Crippen molar-refractivity contribution in [2.45, 2.75) is 90.6 Å². The van der Waals surface area contributed by atoms with Crippen LogP contribution in [0.2, 0.25) is 0 Å². The average molecular weight is 502 g/mol. The van der Waals surface area contributed by atoms with Crippen molar-refractivity contribution in [3.63, 3.8) is 0 Å². The van der Waals surface area contributed by atoms with Gasteiger partial charge in [0.2, 0.25) is 17.7 Å². The number of aliphatic hydroxyl groups is 1. The molecule has 0 fully saturated rings. The number of carboxylic acid groups (broad SMARTS) is 1. The highest BCUT2D eigenvalue weighted by atomic mass is 16.4. The maximum Gasteiger partial charge on any atom is 0.326 e. The molecule has 202 valence electrons. The first kappa shape index (κ1) is 32.1. The summed E-state index contributed by atoms with van der Waals surface area (Å²) in [5.74, 6) is -3.71. The number of nitrogens with one attached hydrogen (secondary N) is 3. The molecule has 3 amide bonds. The van der Waals surface area contributed by atoms with Gasteiger partial charge in [-0.15, -0.1) is 0 Å². The van der Waals surface area contributed by atoms with E-state index in [2.05, 4.69) is 20.9 Å². The molecule has 0 saturated heterocycles. The lowest BCUT2D eigenvalue weighted by Gasteiger charge is -2.27. The fourth-order valence-electron chi connectivity index (χ4n) is 3.25. The Morgan fingerprint density at radius 1 is 0.914 bits per heavy atom. The van der Waals surface area contributed by atoms with Crippen molar-refractivity contribution in [3.8, 4) is 0 Å². The first-order valence-electron chi connectivity index (χ1n) is 11.8. The molecule has 11 N–H and O–H groups in total. The van der Waals surface area contributed by atoms with Crippen LogP contribution in [-0.4, -0.2) is 76.7 Å². The van der Waals surface area contributed by atoms with Gasteiger partial charge in [0, 0.05) is 6.54 Å². The van der Waals surface area contributed by atoms with Gasteiger partial charge in [0.05, 0.1) is 12.1 Å². The lowest BCUT2D eigenvalue weighted by molar-refractivity contribution is -0.144. The van der Waals surface area contributed by atoms with Crippen molar-refractivity contribution in [1.82, 2.24) is 16.0 Å². The molecule has 0 spiro atoms. The molecule has 13 heteroatoms. The number of carbonyl (C=O) groups is 4. The number of carboxylic acids is 1. The molecule has 0 aliphatic rings. The summed E-state index contributed by atoms with van der Waals surface area (Å²) < 4.78 is 0. The monoisotopic (exact) mass is 501 g/mol. The standard InChI is InChI=1S/C22H43N7O6/c1-6-12(4)16(21(34)35)28-19(32)15(8-7-9-26-22(24)25)27-20(33)17(13(5)30)29-18(31)14(23)10-11(2)3/h11-17,30H,6-10,23H2,1-5H3,(H,27,33)(H,28,32)(H,29,31)(H,34,35)(H4,24,25,26). The average Bonchev–Trinajstić information content (AvgIpc) is 2.75. The Bertz CT molecular complexity index is 740. The number of aliphatic imine (C=N–C) groups is 1. The van der Waals surface area contributed by atoms with Crippen LogP contribution in [0, 0.1) is 11.8 Å². The number of nitrogens with zero attached hydrogens (tertiary/aromatic N) is 1. The van der Waals surface area contributed by atoms with Gasteiger partial charge in [-0.2, -0.15) is 0 Å². The van der Waals surface area contributed by atoms with Crippen molar-refractivity contribution in [3.05, 3.63) is 0 Å². The number of amides is 3. The molecule has 35 heavy (non-hydrogen) atoms. The zero-order valence-electron chi connectivity index (χ0n) is 21.3. The number of guanidine groups is 1. The van der Waals surface area contributed by atoms with Crippen molar-refractivity contribution in [1.29, 1.82) is 0 Å². The van der Waals surface area contributed by atoms with Crippen LogP contribution in [0.15, 0.2) is 4.99 Å². The summed E-state index contributed by atoms with van der Waals surface area (Å²) in [6, 6.07) is -4.58. The summed E-state index contributed by atoms with van der Waals surface area (Å²) in [6.07, 6.45) is -0.0351. The molecular weight excluding hydrogens is 458 g/mol. The van der Waals surface area contributed by atoms with Crippen LogP contribution < -0.4 is 33.2 Å². The minimum absolute atomic E-state index is 0.0779. The summed E-state index contributed by atoms with van der Waals surface area (Å²) in [4.78, 5) is 53.8. The minimum atomic E-state index is -1.38. The summed E-state index contributed by atoms with van der Waals surface area (Å²) in [5, 5.41) is 27.0. The number of rotatable bonds is 16. The molecule has 0 saturated carbocycles. The van der Waals surface area contributed by atoms with Gasteiger partial charge < -0.3 is 43.4 Å². The van der Waals surface area contributed by atoms with Crippen LogP contribution in [0.25, 0.3) is 0 Å². The normalized spacial score (nSPS) is 16.2. The van der Waals surface area contributed by atoms with E-state index in [1.165, 1.54) is 6.92 Å². The van der Waals surface area contributed by atoms with E-state index < -0.39 is 54.0 Å². The number of aliphatic hydroxyl groups excluding tert-OH is 1. The summed E-state index contributed by atoms with van der Waals surface area (Å²) in [5.41, 5.74) is 16.5. The molecule has 0 radical (unpaired) electrons. The van der Waals surface area contributed by atoms with E-state index >= 15 is 0 Å². The molecule has 0 aromatic rings. The Balaban J connectivity index is 5.60. The number of nitrogens with two attached hydrogens (primary N) is 3. The van der Waals surface area contributed by atoms with Gasteiger partial charge in [0.25, 0.3) is 0 Å². The maximum atomic E-state index is 12.9. The second-order valence-corrected chi connectivity index (χ2v) is 9.18. The Morgan fingerprint density at radius 2 is 1.49 bits per heavy atom. The van der Waals surface area contributed by atoms with E-state index in [1.54, 1.807) is 13.8 Å². The number of hydrogen-bond acceptors (Lipinski definition) is 7. The van der Waals surface area contributed by atoms with E-state index in [4.69, 9.17) is 17.2 Å². The van der Waals surface area contributed by atoms with Crippen LogP contribution >= 0.6 is 0 Å². The van der Waals surface area contributed by atoms with Crippen LogP contribution in [0.4, 0.5) is 0 Å². The molecule has 0 bridgehead atoms. The third-order valence-electron chi connectivity index (χ3n) is 5.48. The largest absolute Gasteiger partial charge is 0.480 e. The SMILES string of the molecule is CCC(C)C(NC(=O)C(CCCN=C(N)N)NC(=O)C(NC(=O)C(N)CC(C)C)C(C)O)C(=O)O. The predicted molar refractivity (Wildman–Crippen MR) is 132 cm³/mol. The quantitative estimate of drug-likeness (QED) is 0.0688. The van der Waals surface area contributed by atoms with Gasteiger partial charge in [0.1, 0.15) is 18.1 Å². The van der Waals surface area contributed by atoms with Crippen molar-refractivity contribution < 1.29 is 29.4 Å². The Morgan fingerprint density at radius 3 is 1.94 bits per heavy atom. The summed E-state index contributed by atoms with van der Waals surface area (Å²) >= 11 is 0. The summed E-state index contributed by atoms with van der Waals surface area (Å²) in [6.45, 7) is 8.75. The highest BCUT2D eigenvalue weighted by molar-refractivity contribution is 5.94. The lowest BCUT2D eigenvalue weighted by Crippen LogP contribution is -2.60. The topological polar surface area (TPSA) is 235 Å². The molecule has 6 unspecified atom stereocenters. The third-order valence-corrected chi connectivity index (χ3v) is 5.48. The maximum absolute atomic E-state index is 12.9. The van der Waals surface area contributed by atoms with Crippen molar-refractivity contribution in [2.75, 3.05) is 6.54 Å². The lowest BCUT2D eigenvalue weighted by atomic mass is 9.98. The number of aliphatic carboxylic acids is 1. The van der Waals surface area contributed by atoms with E-state index in [1.807, 2.05) is 13.8 Å². The van der Waals surface area contributed by atoms with E-state index in [0.29, 0.717) is 19.3 Å². The Hall–Kier alpha value is -2.93. The smallest absolute Gasteiger partial charge is 0.326 e. The zero-order chi connectivity index (χ0) is 27.3. The predicted octanol–water partition coefficient (Wildman–Crippen LogP) is -1.62. The Kier molecular flexibility index (Phi) is 14.5. The molecule has 6 atom stereocenters. The molecule has 0 rings (SSSR count). The number of carbonyl (C=O) groups excluding carboxylic acids is 3. The molecule has 0 aliphatic heterocycles. The third kappa shape index (κ3) is 12.4. The fraction of sp³-hybridized carbons (Fsp3) is 0.773. The summed E-state index contributed by atoms with van der Waals surface area (Å²) in [7, 11) is 0. The van der Waals surface area contributed by atoms with Gasteiger partial charge >= 0.3 is 5.97 Å². The van der Waals surface area contributed by atoms with Crippen molar-refractivity contribution >= 4 is 29.7 Å². The highest BCUT2D eigenvalue weighted by Gasteiger charge is 2.33. The number of hydrogen-bond donors (Lipinski definition) is 8. The molecule has 0 heterocycles. The van der Waals surface area contributed by atoms with Crippen LogP contribution in [-0.2, 0) is 19.2 Å². The van der Waals surface area contributed by atoms with E-state index in [9.17, 15) is 29.4 Å². The molecule has 0 aliphatic carbocycles. The highest BCUT2D eigenvalue weighted by Crippen LogP contribution is 2.10. The van der Waals surface area contributed by atoms with Gasteiger partial charge in [0.15, 0.2) is 5.96 Å². The second-order valence-electron chi connectivity index (χ2n) is 9.18. The second kappa shape index (κ2) is 15.9. The first-order chi connectivity index (χ1) is 16.2. The fourth-order valence-corrected chi connectivity index (χ4v) is 3.25. The Labute approximate surface area is 206 Å². The van der Waals surface area contributed by atoms with Gasteiger partial charge in [-0.1, -0.05) is 34.1 Å². The molecule has 13 nitrogen and oxygen atoms in total. The first-order valence-corrected chi connectivity index (χ1v) is 11.8. The van der Waals surface area contributed by atoms with Crippen LogP contribution in [0.5, 0.6) is 0 Å². The van der Waals surface area contributed by atoms with E-state index in [0.717, 1.165) is 0 Å². The van der Waals surface area contributed by atoms with Crippen LogP contribution in [0.3, 0.4) is 0 Å². The zero-order valence-corrected chi connectivity index (χ0v) is 21.3. The van der Waals surface area contributed by atoms with E-state index in [-0.39, 0.29) is 30.8 Å². The minimum Gasteiger partial charge on any atom is -0.480 e. The van der Waals surface area contributed by atoms with Gasteiger partial charge in [-0.3, -0.25) is 19.4 Å². The molecular formula is C22H43N7O6. The van der Waals surface area contributed by atoms with Crippen molar-refractivity contribution in [2.24, 2.45) is 34.0 Å². The van der Waals surface area contributed by atoms with Gasteiger partial charge in [-0.05, 0) is 38.0 Å². The van der Waals surface area contributed by atoms with Crippen LogP contribution in [0.1, 0.15) is 60.3 Å². The molecule has 0 aromatic heterocycles. The molecule has 0 aromatic carbocycles. The van der Waals surface area contributed by atoms with Gasteiger partial charge in [-0.25, -0.2) is 4.79 Å².